The number of fused-ring (bicyclic) bond motifs is 1. The molecule has 0 unspecified atom stereocenters. The second-order valence-corrected chi connectivity index (χ2v) is 12.4. The minimum Gasteiger partial charge on any atom is -0.481 e. The molecule has 10 nitrogen and oxygen atoms in total. The smallest absolute Gasteiger partial charge is 0.338 e. The number of halogens is 1. The number of amides is 1. The summed E-state index contributed by atoms with van der Waals surface area (Å²) in [7, 11) is 0. The van der Waals surface area contributed by atoms with Gasteiger partial charge in [0.1, 0.15) is 11.9 Å². The Morgan fingerprint density at radius 1 is 1.18 bits per heavy atom. The van der Waals surface area contributed by atoms with E-state index in [-0.39, 0.29) is 36.6 Å². The Hall–Kier alpha value is -4.42. The maximum atomic E-state index is 14.8. The molecule has 0 saturated carbocycles. The van der Waals surface area contributed by atoms with E-state index in [4.69, 9.17) is 14.8 Å². The van der Waals surface area contributed by atoms with E-state index < -0.39 is 18.0 Å². The third kappa shape index (κ3) is 6.25. The number of likely N-dealkylation sites (tertiary alicyclic amines) is 1. The number of aliphatic carboxylic acids is 1. The number of aliphatic imine (C=N–C) groups is 1. The number of carbonyl (C=O) groups excluding carboxylic acids is 2. The third-order valence-electron chi connectivity index (χ3n) is 8.66. The highest BCUT2D eigenvalue weighted by molar-refractivity contribution is 7.11. The van der Waals surface area contributed by atoms with Crippen molar-refractivity contribution in [2.75, 3.05) is 37.7 Å². The van der Waals surface area contributed by atoms with Gasteiger partial charge in [0.15, 0.2) is 10.8 Å². The lowest BCUT2D eigenvalue weighted by molar-refractivity contribution is -0.139. The molecule has 3 aliphatic heterocycles. The van der Waals surface area contributed by atoms with Gasteiger partial charge in [0.05, 0.1) is 18.6 Å². The Morgan fingerprint density at radius 2 is 1.98 bits per heavy atom. The minimum atomic E-state index is -0.901. The molecular formula is C33H34FN5O5S. The van der Waals surface area contributed by atoms with Gasteiger partial charge in [-0.2, -0.15) is 0 Å². The summed E-state index contributed by atoms with van der Waals surface area (Å²) in [6, 6.07) is 11.1. The Kier molecular flexibility index (Phi) is 8.77. The first-order valence-electron chi connectivity index (χ1n) is 15.0. The molecule has 2 fully saturated rings. The van der Waals surface area contributed by atoms with Crippen LogP contribution in [0.3, 0.4) is 0 Å². The van der Waals surface area contributed by atoms with E-state index in [0.29, 0.717) is 71.4 Å². The summed E-state index contributed by atoms with van der Waals surface area (Å²) in [5.41, 5.74) is 3.38. The number of hydrogen-bond donors (Lipinski definition) is 2. The van der Waals surface area contributed by atoms with E-state index in [9.17, 15) is 18.8 Å². The second kappa shape index (κ2) is 12.9. The molecule has 3 atom stereocenters. The molecule has 1 amide bonds. The summed E-state index contributed by atoms with van der Waals surface area (Å²) in [5, 5.41) is 14.9. The number of thiazole rings is 1. The standard InChI is InChI=1S/C33H34FN5O5S/c1-3-44-33(43)28-26(36-30(31-35-12-14-45-31)37-29(28)23-5-4-6-25(34)19(23)2)18-38-13-11-24-21(16-38)17-39(32(24)42)22-9-7-20(8-10-22)15-27(40)41/h4-10,12,14,21,24,29H,3,11,13,15-18H2,1-2H3,(H,36,37)(H,40,41)/t21-,24-,29-/m0/s1. The van der Waals surface area contributed by atoms with Crippen molar-refractivity contribution in [3.63, 3.8) is 0 Å². The predicted molar refractivity (Wildman–Crippen MR) is 167 cm³/mol. The van der Waals surface area contributed by atoms with Crippen molar-refractivity contribution in [3.05, 3.63) is 92.8 Å². The van der Waals surface area contributed by atoms with E-state index in [2.05, 4.69) is 15.2 Å². The number of carbonyl (C=O) groups is 3. The average Bonchev–Trinajstić information content (AvgIpc) is 3.67. The molecule has 3 aliphatic rings. The first-order valence-corrected chi connectivity index (χ1v) is 15.9. The van der Waals surface area contributed by atoms with Gasteiger partial charge in [-0.05, 0) is 61.7 Å². The number of hydrogen-bond acceptors (Lipinski definition) is 9. The molecule has 0 spiro atoms. The molecule has 0 bridgehead atoms. The van der Waals surface area contributed by atoms with Gasteiger partial charge in [-0.25, -0.2) is 14.2 Å². The fourth-order valence-electron chi connectivity index (χ4n) is 6.47. The van der Waals surface area contributed by atoms with Gasteiger partial charge < -0.3 is 20.1 Å². The molecule has 12 heteroatoms. The van der Waals surface area contributed by atoms with Crippen molar-refractivity contribution in [1.82, 2.24) is 15.2 Å². The molecule has 234 valence electrons. The fourth-order valence-corrected chi connectivity index (χ4v) is 7.06. The van der Waals surface area contributed by atoms with Crippen LogP contribution in [0.1, 0.15) is 41.1 Å². The molecule has 4 heterocycles. The lowest BCUT2D eigenvalue weighted by atomic mass is 9.87. The quantitative estimate of drug-likeness (QED) is 0.338. The van der Waals surface area contributed by atoms with E-state index in [1.807, 2.05) is 17.5 Å². The van der Waals surface area contributed by atoms with Crippen molar-refractivity contribution in [2.24, 2.45) is 16.8 Å². The van der Waals surface area contributed by atoms with E-state index in [0.717, 1.165) is 5.69 Å². The molecular weight excluding hydrogens is 597 g/mol. The zero-order valence-corrected chi connectivity index (χ0v) is 25.8. The largest absolute Gasteiger partial charge is 0.481 e. The van der Waals surface area contributed by atoms with Crippen molar-refractivity contribution < 1.29 is 28.6 Å². The Morgan fingerprint density at radius 3 is 2.69 bits per heavy atom. The van der Waals surface area contributed by atoms with Crippen LogP contribution >= 0.6 is 11.3 Å². The summed E-state index contributed by atoms with van der Waals surface area (Å²) >= 11 is 1.41. The zero-order valence-electron chi connectivity index (χ0n) is 25.0. The van der Waals surface area contributed by atoms with Crippen LogP contribution in [0, 0.1) is 24.6 Å². The van der Waals surface area contributed by atoms with Gasteiger partial charge in [0.2, 0.25) is 5.91 Å². The number of aromatic nitrogens is 1. The Balaban J connectivity index is 1.28. The number of carboxylic acid groups (broad SMARTS) is 1. The number of benzene rings is 2. The topological polar surface area (TPSA) is 124 Å². The summed E-state index contributed by atoms with van der Waals surface area (Å²) in [6.07, 6.45) is 2.28. The molecule has 0 radical (unpaired) electrons. The maximum Gasteiger partial charge on any atom is 0.338 e. The molecule has 3 aromatic rings. The van der Waals surface area contributed by atoms with Gasteiger partial charge in [0, 0.05) is 54.4 Å². The van der Waals surface area contributed by atoms with Crippen LogP contribution in [-0.2, 0) is 25.5 Å². The van der Waals surface area contributed by atoms with Gasteiger partial charge in [0.25, 0.3) is 0 Å². The van der Waals surface area contributed by atoms with Gasteiger partial charge in [-0.3, -0.25) is 19.5 Å². The number of amidine groups is 1. The molecule has 45 heavy (non-hydrogen) atoms. The normalized spacial score (nSPS) is 21.8. The SMILES string of the molecule is CCOC(=O)C1=C(CN2CC[C@@H]3C(=O)N(c4ccc(CC(=O)O)cc4)C[C@@H]3C2)NC(c2nccs2)=N[C@H]1c1cccc(F)c1C. The first-order chi connectivity index (χ1) is 21.7. The summed E-state index contributed by atoms with van der Waals surface area (Å²) < 4.78 is 20.3. The van der Waals surface area contributed by atoms with E-state index >= 15 is 0 Å². The van der Waals surface area contributed by atoms with E-state index in [1.54, 1.807) is 49.2 Å². The number of nitrogens with one attached hydrogen (secondary N) is 1. The molecule has 2 N–H and O–H groups in total. The van der Waals surface area contributed by atoms with Crippen LogP contribution in [0.4, 0.5) is 10.1 Å². The van der Waals surface area contributed by atoms with Crippen molar-refractivity contribution in [3.8, 4) is 0 Å². The van der Waals surface area contributed by atoms with Crippen LogP contribution in [-0.4, -0.2) is 71.5 Å². The number of nitrogens with zero attached hydrogens (tertiary/aromatic N) is 4. The summed E-state index contributed by atoms with van der Waals surface area (Å²) in [5.74, 6) is -1.25. The van der Waals surface area contributed by atoms with E-state index in [1.165, 1.54) is 17.4 Å². The fraction of sp³-hybridized carbons (Fsp3) is 0.364. The molecule has 1 aromatic heterocycles. The minimum absolute atomic E-state index is 0.0687. The third-order valence-corrected chi connectivity index (χ3v) is 9.44. The van der Waals surface area contributed by atoms with Crippen molar-refractivity contribution in [2.45, 2.75) is 32.7 Å². The first kappa shape index (κ1) is 30.6. The number of carboxylic acids is 1. The monoisotopic (exact) mass is 631 g/mol. The van der Waals surface area contributed by atoms with Gasteiger partial charge in [-0.15, -0.1) is 11.3 Å². The Labute approximate surface area is 264 Å². The maximum absolute atomic E-state index is 14.8. The summed E-state index contributed by atoms with van der Waals surface area (Å²) in [4.78, 5) is 51.4. The van der Waals surface area contributed by atoms with Crippen molar-refractivity contribution >= 4 is 40.7 Å². The van der Waals surface area contributed by atoms with Crippen LogP contribution in [0.25, 0.3) is 0 Å². The highest BCUT2D eigenvalue weighted by Gasteiger charge is 2.44. The number of rotatable bonds is 9. The number of piperidine rings is 1. The number of esters is 1. The van der Waals surface area contributed by atoms with Crippen LogP contribution < -0.4 is 10.2 Å². The lowest BCUT2D eigenvalue weighted by Crippen LogP contribution is -2.45. The lowest BCUT2D eigenvalue weighted by Gasteiger charge is -2.36. The molecule has 6 rings (SSSR count). The molecule has 0 aliphatic carbocycles. The number of anilines is 1. The van der Waals surface area contributed by atoms with Crippen LogP contribution in [0.15, 0.2) is 70.3 Å². The molecule has 2 aromatic carbocycles. The Bertz CT molecular complexity index is 1670. The highest BCUT2D eigenvalue weighted by atomic mass is 32.1. The van der Waals surface area contributed by atoms with Crippen LogP contribution in [0.5, 0.6) is 0 Å². The predicted octanol–water partition coefficient (Wildman–Crippen LogP) is 4.11. The second-order valence-electron chi connectivity index (χ2n) is 11.5. The van der Waals surface area contributed by atoms with Gasteiger partial charge >= 0.3 is 11.9 Å². The van der Waals surface area contributed by atoms with Crippen LogP contribution in [0.2, 0.25) is 0 Å². The van der Waals surface area contributed by atoms with Crippen molar-refractivity contribution in [1.29, 1.82) is 0 Å². The average molecular weight is 632 g/mol. The summed E-state index contributed by atoms with van der Waals surface area (Å²) in [6.45, 7) is 5.81. The molecule has 2 saturated heterocycles. The zero-order chi connectivity index (χ0) is 31.7. The highest BCUT2D eigenvalue weighted by Crippen LogP contribution is 2.38. The van der Waals surface area contributed by atoms with Gasteiger partial charge in [-0.1, -0.05) is 24.3 Å². The number of ether oxygens (including phenoxy) is 1.